The predicted octanol–water partition coefficient (Wildman–Crippen LogP) is 1.44. The zero-order chi connectivity index (χ0) is 12.0. The molecule has 0 aliphatic carbocycles. The molecule has 1 rings (SSSR count). The number of aromatic nitrogens is 2. The molecule has 0 radical (unpaired) electrons. The quantitative estimate of drug-likeness (QED) is 0.748. The van der Waals surface area contributed by atoms with Gasteiger partial charge in [-0.1, -0.05) is 11.6 Å². The van der Waals surface area contributed by atoms with E-state index in [0.717, 1.165) is 5.82 Å². The van der Waals surface area contributed by atoms with E-state index < -0.39 is 13.0 Å². The maximum atomic E-state index is 11.7. The summed E-state index contributed by atoms with van der Waals surface area (Å²) in [5, 5.41) is 3.58. The van der Waals surface area contributed by atoms with Crippen molar-refractivity contribution >= 4 is 11.6 Å². The molecule has 92 valence electrons. The summed E-state index contributed by atoms with van der Waals surface area (Å²) in [5.74, 6) is 0.791. The Bertz CT molecular complexity index is 320. The highest BCUT2D eigenvalue weighted by Gasteiger charge is 2.04. The van der Waals surface area contributed by atoms with Gasteiger partial charge < -0.3 is 14.6 Å². The molecule has 0 saturated carbocycles. The van der Waals surface area contributed by atoms with Crippen LogP contribution in [0.4, 0.5) is 8.78 Å². The molecule has 0 aromatic carbocycles. The van der Waals surface area contributed by atoms with Crippen LogP contribution in [0.25, 0.3) is 0 Å². The molecule has 4 nitrogen and oxygen atoms in total. The van der Waals surface area contributed by atoms with Gasteiger partial charge in [0.05, 0.1) is 19.3 Å². The third kappa shape index (κ3) is 4.42. The van der Waals surface area contributed by atoms with Crippen LogP contribution in [-0.2, 0) is 18.3 Å². The van der Waals surface area contributed by atoms with E-state index in [0.29, 0.717) is 18.2 Å². The second-order valence-corrected chi connectivity index (χ2v) is 3.59. The van der Waals surface area contributed by atoms with Crippen molar-refractivity contribution in [2.75, 3.05) is 19.8 Å². The molecule has 0 atom stereocenters. The van der Waals surface area contributed by atoms with Gasteiger partial charge in [0.25, 0.3) is 6.43 Å². The van der Waals surface area contributed by atoms with Crippen molar-refractivity contribution in [2.45, 2.75) is 13.0 Å². The van der Waals surface area contributed by atoms with Crippen LogP contribution in [0.3, 0.4) is 0 Å². The molecule has 1 aromatic heterocycles. The topological polar surface area (TPSA) is 39.1 Å². The van der Waals surface area contributed by atoms with Gasteiger partial charge in [0.1, 0.15) is 17.6 Å². The summed E-state index contributed by atoms with van der Waals surface area (Å²) in [6.45, 7) is 0.761. The van der Waals surface area contributed by atoms with E-state index in [1.165, 1.54) is 0 Å². The minimum atomic E-state index is -2.41. The Morgan fingerprint density at radius 1 is 1.62 bits per heavy atom. The summed E-state index contributed by atoms with van der Waals surface area (Å²) in [6, 6.07) is 0. The van der Waals surface area contributed by atoms with Crippen LogP contribution in [0.1, 0.15) is 5.82 Å². The van der Waals surface area contributed by atoms with Gasteiger partial charge in [-0.3, -0.25) is 0 Å². The molecule has 0 spiro atoms. The minimum absolute atomic E-state index is 0.252. The van der Waals surface area contributed by atoms with Crippen LogP contribution in [0, 0.1) is 0 Å². The lowest BCUT2D eigenvalue weighted by Gasteiger charge is -2.06. The molecule has 7 heteroatoms. The summed E-state index contributed by atoms with van der Waals surface area (Å²) in [4.78, 5) is 4.07. The lowest BCUT2D eigenvalue weighted by atomic mass is 10.5. The van der Waals surface area contributed by atoms with Crippen molar-refractivity contribution in [1.29, 1.82) is 0 Å². The Morgan fingerprint density at radius 2 is 2.38 bits per heavy atom. The van der Waals surface area contributed by atoms with Gasteiger partial charge in [0.2, 0.25) is 0 Å². The molecule has 0 unspecified atom stereocenters. The van der Waals surface area contributed by atoms with Gasteiger partial charge in [-0.05, 0) is 0 Å². The Balaban J connectivity index is 2.10. The number of hydrogen-bond acceptors (Lipinski definition) is 3. The lowest BCUT2D eigenvalue weighted by molar-refractivity contribution is 0.0186. The Labute approximate surface area is 97.6 Å². The number of alkyl halides is 2. The third-order valence-corrected chi connectivity index (χ3v) is 2.33. The largest absolute Gasteiger partial charge is 0.374 e. The molecule has 0 saturated heterocycles. The SMILES string of the molecule is Cn1c(Cl)cnc1CNCCOCC(F)F. The van der Waals surface area contributed by atoms with Crippen molar-refractivity contribution in [1.82, 2.24) is 14.9 Å². The average Bonchev–Trinajstić information content (AvgIpc) is 2.54. The first-order chi connectivity index (χ1) is 7.61. The Morgan fingerprint density at radius 3 is 2.94 bits per heavy atom. The van der Waals surface area contributed by atoms with Crippen molar-refractivity contribution in [3.8, 4) is 0 Å². The van der Waals surface area contributed by atoms with E-state index in [4.69, 9.17) is 16.3 Å². The first-order valence-electron chi connectivity index (χ1n) is 4.84. The Hall–Kier alpha value is -0.720. The predicted molar refractivity (Wildman–Crippen MR) is 56.7 cm³/mol. The molecule has 0 aliphatic rings. The molecule has 0 fully saturated rings. The Kier molecular flexibility index (Phi) is 5.65. The number of rotatable bonds is 7. The molecule has 0 bridgehead atoms. The zero-order valence-corrected chi connectivity index (χ0v) is 9.68. The van der Waals surface area contributed by atoms with Crippen molar-refractivity contribution in [3.63, 3.8) is 0 Å². The van der Waals surface area contributed by atoms with Crippen molar-refractivity contribution < 1.29 is 13.5 Å². The molecule has 1 aromatic rings. The fourth-order valence-electron chi connectivity index (χ4n) is 1.11. The van der Waals surface area contributed by atoms with Crippen LogP contribution in [-0.4, -0.2) is 35.7 Å². The summed E-state index contributed by atoms with van der Waals surface area (Å²) in [7, 11) is 1.81. The highest BCUT2D eigenvalue weighted by Crippen LogP contribution is 2.08. The van der Waals surface area contributed by atoms with Gasteiger partial charge in [-0.25, -0.2) is 13.8 Å². The van der Waals surface area contributed by atoms with E-state index in [1.807, 2.05) is 0 Å². The number of imidazole rings is 1. The van der Waals surface area contributed by atoms with E-state index >= 15 is 0 Å². The number of ether oxygens (including phenoxy) is 1. The molecule has 1 N–H and O–H groups in total. The van der Waals surface area contributed by atoms with E-state index in [2.05, 4.69) is 10.3 Å². The molecule has 1 heterocycles. The van der Waals surface area contributed by atoms with Crippen LogP contribution >= 0.6 is 11.6 Å². The van der Waals surface area contributed by atoms with Crippen LogP contribution in [0.2, 0.25) is 5.15 Å². The normalized spacial score (nSPS) is 11.3. The first kappa shape index (κ1) is 13.3. The fourth-order valence-corrected chi connectivity index (χ4v) is 1.25. The summed E-state index contributed by atoms with van der Waals surface area (Å²) in [6.07, 6.45) is -0.848. The maximum absolute atomic E-state index is 11.7. The lowest BCUT2D eigenvalue weighted by Crippen LogP contribution is -2.22. The molecular formula is C9H14ClF2N3O. The van der Waals surface area contributed by atoms with Crippen molar-refractivity contribution in [2.24, 2.45) is 7.05 Å². The number of nitrogens with zero attached hydrogens (tertiary/aromatic N) is 2. The van der Waals surface area contributed by atoms with Crippen LogP contribution in [0.5, 0.6) is 0 Å². The second-order valence-electron chi connectivity index (χ2n) is 3.20. The van der Waals surface area contributed by atoms with Gasteiger partial charge in [0, 0.05) is 13.6 Å². The number of halogens is 3. The van der Waals surface area contributed by atoms with Gasteiger partial charge in [0.15, 0.2) is 0 Å². The van der Waals surface area contributed by atoms with Crippen molar-refractivity contribution in [3.05, 3.63) is 17.2 Å². The standard InChI is InChI=1S/C9H14ClF2N3O/c1-15-7(10)4-14-9(15)5-13-2-3-16-6-8(11)12/h4,8,13H,2-3,5-6H2,1H3. The van der Waals surface area contributed by atoms with Crippen LogP contribution in [0.15, 0.2) is 6.20 Å². The second kappa shape index (κ2) is 6.78. The highest BCUT2D eigenvalue weighted by atomic mass is 35.5. The molecule has 0 amide bonds. The molecule has 16 heavy (non-hydrogen) atoms. The average molecular weight is 254 g/mol. The van der Waals surface area contributed by atoms with Crippen LogP contribution < -0.4 is 5.32 Å². The van der Waals surface area contributed by atoms with E-state index in [-0.39, 0.29) is 6.61 Å². The van der Waals surface area contributed by atoms with Gasteiger partial charge >= 0.3 is 0 Å². The number of nitrogens with one attached hydrogen (secondary N) is 1. The molecule has 0 aliphatic heterocycles. The zero-order valence-electron chi connectivity index (χ0n) is 8.92. The fraction of sp³-hybridized carbons (Fsp3) is 0.667. The summed E-state index contributed by atoms with van der Waals surface area (Å²) in [5.41, 5.74) is 0. The van der Waals surface area contributed by atoms with Gasteiger partial charge in [-0.2, -0.15) is 0 Å². The smallest absolute Gasteiger partial charge is 0.261 e. The summed E-state index contributed by atoms with van der Waals surface area (Å²) < 4.78 is 29.8. The monoisotopic (exact) mass is 253 g/mol. The molecular weight excluding hydrogens is 240 g/mol. The maximum Gasteiger partial charge on any atom is 0.261 e. The van der Waals surface area contributed by atoms with E-state index in [9.17, 15) is 8.78 Å². The highest BCUT2D eigenvalue weighted by molar-refractivity contribution is 6.29. The van der Waals surface area contributed by atoms with E-state index in [1.54, 1.807) is 17.8 Å². The van der Waals surface area contributed by atoms with Gasteiger partial charge in [-0.15, -0.1) is 0 Å². The summed E-state index contributed by atoms with van der Waals surface area (Å²) >= 11 is 5.79. The first-order valence-corrected chi connectivity index (χ1v) is 5.21. The third-order valence-electron chi connectivity index (χ3n) is 1.98. The number of hydrogen-bond donors (Lipinski definition) is 1. The minimum Gasteiger partial charge on any atom is -0.374 e.